The van der Waals surface area contributed by atoms with Gasteiger partial charge in [0.15, 0.2) is 6.61 Å². The van der Waals surface area contributed by atoms with Crippen LogP contribution in [0.3, 0.4) is 0 Å². The molecule has 1 aliphatic rings. The van der Waals surface area contributed by atoms with Crippen LogP contribution in [0.1, 0.15) is 33.2 Å². The van der Waals surface area contributed by atoms with E-state index in [-0.39, 0.29) is 25.1 Å². The van der Waals surface area contributed by atoms with Gasteiger partial charge in [-0.15, -0.1) is 0 Å². The summed E-state index contributed by atoms with van der Waals surface area (Å²) in [4.78, 5) is 36.0. The van der Waals surface area contributed by atoms with Crippen LogP contribution in [0.4, 0.5) is 0 Å². The van der Waals surface area contributed by atoms with E-state index in [2.05, 4.69) is 5.32 Å². The SMILES string of the molecule is O=C(COc1ccc([C@H]2Cc3ccccc3C(=O)O2)cc1)N[C@@H](Cc1ccccc1)C(=O)O. The molecule has 1 aliphatic heterocycles. The average Bonchev–Trinajstić information content (AvgIpc) is 2.83. The van der Waals surface area contributed by atoms with Crippen molar-refractivity contribution in [3.8, 4) is 5.75 Å². The van der Waals surface area contributed by atoms with Gasteiger partial charge in [0.05, 0.1) is 5.56 Å². The highest BCUT2D eigenvalue weighted by molar-refractivity contribution is 5.92. The molecule has 0 saturated heterocycles. The molecular weight excluding hydrogens is 422 g/mol. The van der Waals surface area contributed by atoms with E-state index in [0.717, 1.165) is 16.7 Å². The molecule has 4 rings (SSSR count). The Hall–Kier alpha value is -4.13. The number of cyclic esters (lactones) is 1. The second-order valence-electron chi connectivity index (χ2n) is 7.76. The summed E-state index contributed by atoms with van der Waals surface area (Å²) in [5.74, 6) is -1.53. The molecule has 0 aromatic heterocycles. The fourth-order valence-corrected chi connectivity index (χ4v) is 3.73. The number of aliphatic carboxylic acids is 1. The summed E-state index contributed by atoms with van der Waals surface area (Å²) in [6.45, 7) is -0.316. The third-order valence-corrected chi connectivity index (χ3v) is 5.43. The summed E-state index contributed by atoms with van der Waals surface area (Å²) in [5.41, 5.74) is 3.17. The van der Waals surface area contributed by atoms with Crippen LogP contribution in [0.2, 0.25) is 0 Å². The predicted molar refractivity (Wildman–Crippen MR) is 120 cm³/mol. The molecule has 0 radical (unpaired) electrons. The highest BCUT2D eigenvalue weighted by Gasteiger charge is 2.27. The molecule has 0 fully saturated rings. The maximum atomic E-state index is 12.2. The molecule has 7 nitrogen and oxygen atoms in total. The zero-order chi connectivity index (χ0) is 23.2. The van der Waals surface area contributed by atoms with E-state index in [1.165, 1.54) is 0 Å². The van der Waals surface area contributed by atoms with E-state index in [9.17, 15) is 19.5 Å². The molecular formula is C26H23NO6. The third kappa shape index (κ3) is 5.57. The molecule has 0 spiro atoms. The number of rotatable bonds is 8. The van der Waals surface area contributed by atoms with Crippen molar-refractivity contribution in [1.29, 1.82) is 0 Å². The topological polar surface area (TPSA) is 102 Å². The van der Waals surface area contributed by atoms with Crippen LogP contribution in [0.5, 0.6) is 5.75 Å². The molecule has 7 heteroatoms. The number of benzene rings is 3. The molecule has 0 aliphatic carbocycles. The molecule has 0 saturated carbocycles. The number of carboxylic acid groups (broad SMARTS) is 1. The Morgan fingerprint density at radius 2 is 1.70 bits per heavy atom. The Labute approximate surface area is 191 Å². The van der Waals surface area contributed by atoms with Gasteiger partial charge >= 0.3 is 11.9 Å². The minimum absolute atomic E-state index is 0.180. The van der Waals surface area contributed by atoms with E-state index in [0.29, 0.717) is 17.7 Å². The number of hydrogen-bond acceptors (Lipinski definition) is 5. The Morgan fingerprint density at radius 1 is 1.00 bits per heavy atom. The Balaban J connectivity index is 1.31. The largest absolute Gasteiger partial charge is 0.484 e. The zero-order valence-corrected chi connectivity index (χ0v) is 17.8. The van der Waals surface area contributed by atoms with Crippen molar-refractivity contribution in [1.82, 2.24) is 5.32 Å². The van der Waals surface area contributed by atoms with Crippen molar-refractivity contribution in [2.75, 3.05) is 6.61 Å². The third-order valence-electron chi connectivity index (χ3n) is 5.43. The van der Waals surface area contributed by atoms with Gasteiger partial charge in [-0.25, -0.2) is 9.59 Å². The normalized spacial score (nSPS) is 15.6. The van der Waals surface area contributed by atoms with E-state index >= 15 is 0 Å². The van der Waals surface area contributed by atoms with Crippen molar-refractivity contribution in [2.24, 2.45) is 0 Å². The molecule has 33 heavy (non-hydrogen) atoms. The first kappa shape index (κ1) is 22.1. The Kier molecular flexibility index (Phi) is 6.69. The van der Waals surface area contributed by atoms with Gasteiger partial charge in [-0.05, 0) is 34.9 Å². The lowest BCUT2D eigenvalue weighted by molar-refractivity contribution is -0.142. The number of nitrogens with one attached hydrogen (secondary N) is 1. The maximum Gasteiger partial charge on any atom is 0.339 e. The lowest BCUT2D eigenvalue weighted by Crippen LogP contribution is -2.44. The monoisotopic (exact) mass is 445 g/mol. The van der Waals surface area contributed by atoms with Crippen LogP contribution in [-0.2, 0) is 27.2 Å². The van der Waals surface area contributed by atoms with Crippen molar-refractivity contribution >= 4 is 17.8 Å². The van der Waals surface area contributed by atoms with Gasteiger partial charge in [0, 0.05) is 12.8 Å². The molecule has 1 heterocycles. The number of carbonyl (C=O) groups excluding carboxylic acids is 2. The predicted octanol–water partition coefficient (Wildman–Crippen LogP) is 3.33. The van der Waals surface area contributed by atoms with Gasteiger partial charge < -0.3 is 19.9 Å². The van der Waals surface area contributed by atoms with Crippen LogP contribution in [0.25, 0.3) is 0 Å². The second-order valence-corrected chi connectivity index (χ2v) is 7.76. The summed E-state index contributed by atoms with van der Waals surface area (Å²) >= 11 is 0. The number of amides is 1. The molecule has 3 aromatic rings. The van der Waals surface area contributed by atoms with Crippen molar-refractivity contribution in [3.05, 3.63) is 101 Å². The van der Waals surface area contributed by atoms with Gasteiger partial charge in [0.25, 0.3) is 5.91 Å². The Morgan fingerprint density at radius 3 is 2.42 bits per heavy atom. The van der Waals surface area contributed by atoms with Gasteiger partial charge in [-0.2, -0.15) is 0 Å². The minimum atomic E-state index is -1.11. The quantitative estimate of drug-likeness (QED) is 0.516. The van der Waals surface area contributed by atoms with E-state index in [1.54, 1.807) is 30.3 Å². The number of ether oxygens (including phenoxy) is 2. The molecule has 2 atom stereocenters. The number of carbonyl (C=O) groups is 3. The molecule has 0 unspecified atom stereocenters. The lowest BCUT2D eigenvalue weighted by atomic mass is 9.95. The zero-order valence-electron chi connectivity index (χ0n) is 17.8. The first-order valence-corrected chi connectivity index (χ1v) is 10.6. The highest BCUT2D eigenvalue weighted by Crippen LogP contribution is 2.31. The standard InChI is InChI=1S/C26H23NO6/c28-24(27-22(25(29)30)14-17-6-2-1-3-7-17)16-32-20-12-10-18(11-13-20)23-15-19-8-4-5-9-21(19)26(31)33-23/h1-13,22-23H,14-16H2,(H,27,28)(H,29,30)/t22-,23+/m0/s1. The average molecular weight is 445 g/mol. The Bertz CT molecular complexity index is 1140. The first-order chi connectivity index (χ1) is 16.0. The first-order valence-electron chi connectivity index (χ1n) is 10.6. The van der Waals surface area contributed by atoms with E-state index in [4.69, 9.17) is 9.47 Å². The van der Waals surface area contributed by atoms with Gasteiger partial charge in [0.1, 0.15) is 17.9 Å². The second kappa shape index (κ2) is 9.99. The fourth-order valence-electron chi connectivity index (χ4n) is 3.73. The van der Waals surface area contributed by atoms with Crippen LogP contribution in [-0.4, -0.2) is 35.6 Å². The maximum absolute atomic E-state index is 12.2. The van der Waals surface area contributed by atoms with Crippen molar-refractivity contribution in [2.45, 2.75) is 25.0 Å². The molecule has 0 bridgehead atoms. The van der Waals surface area contributed by atoms with Crippen LogP contribution >= 0.6 is 0 Å². The summed E-state index contributed by atoms with van der Waals surface area (Å²) < 4.78 is 11.1. The summed E-state index contributed by atoms with van der Waals surface area (Å²) in [5, 5.41) is 11.9. The fraction of sp³-hybridized carbons (Fsp3) is 0.192. The number of fused-ring (bicyclic) bond motifs is 1. The summed E-state index contributed by atoms with van der Waals surface area (Å²) in [6.07, 6.45) is 0.376. The lowest BCUT2D eigenvalue weighted by Gasteiger charge is -2.25. The van der Waals surface area contributed by atoms with Gasteiger partial charge in [-0.3, -0.25) is 4.79 Å². The summed E-state index contributed by atoms with van der Waals surface area (Å²) in [6, 6.07) is 22.4. The van der Waals surface area contributed by atoms with E-state index < -0.39 is 17.9 Å². The molecule has 168 valence electrons. The van der Waals surface area contributed by atoms with Crippen LogP contribution in [0, 0.1) is 0 Å². The summed E-state index contributed by atoms with van der Waals surface area (Å²) in [7, 11) is 0. The van der Waals surface area contributed by atoms with Crippen LogP contribution < -0.4 is 10.1 Å². The minimum Gasteiger partial charge on any atom is -0.484 e. The molecule has 2 N–H and O–H groups in total. The van der Waals surface area contributed by atoms with Gasteiger partial charge in [0.2, 0.25) is 0 Å². The number of carboxylic acids is 1. The van der Waals surface area contributed by atoms with Gasteiger partial charge in [-0.1, -0.05) is 60.7 Å². The highest BCUT2D eigenvalue weighted by atomic mass is 16.5. The number of esters is 1. The molecule has 3 aromatic carbocycles. The van der Waals surface area contributed by atoms with E-state index in [1.807, 2.05) is 48.5 Å². The molecule has 1 amide bonds. The van der Waals surface area contributed by atoms with Crippen molar-refractivity contribution < 1.29 is 29.0 Å². The van der Waals surface area contributed by atoms with Crippen molar-refractivity contribution in [3.63, 3.8) is 0 Å². The number of hydrogen-bond donors (Lipinski definition) is 2. The van der Waals surface area contributed by atoms with Crippen LogP contribution in [0.15, 0.2) is 78.9 Å². The smallest absolute Gasteiger partial charge is 0.339 e.